The Morgan fingerprint density at radius 2 is 1.69 bits per heavy atom. The monoisotopic (exact) mass is 1330 g/mol. The van der Waals surface area contributed by atoms with E-state index in [4.69, 9.17) is 35.1 Å². The van der Waals surface area contributed by atoms with Gasteiger partial charge in [-0.3, -0.25) is 4.79 Å². The SMILES string of the molecule is COc1c2c(c3oc(-c4ccc(O)cc4)cc(=O)c3c1OCC[C@@H](O)/C=C/c1ccccc1)CCc1cccc(c1)-c1cc3[nH]c1N1CCNC[C@H]1[C@@]1(C[C@@H]4c5c(ccc6cc7ccccc7cc56)C=C[C@@H]4[C@H]1C#C[C@H]1CC[C@@H]4CC[C@H]1[C@]34C)c1ccc(c(N=C(N)N)c1)C[C@@H](CO)CO2. The number of nitrogens with two attached hydrogens (primary N) is 2. The molecule has 0 amide bonds. The molecule has 100 heavy (non-hydrogen) atoms. The molecule has 0 unspecified atom stereocenters. The average molecular weight is 1330 g/mol. The molecule has 3 saturated carbocycles. The van der Waals surface area contributed by atoms with E-state index in [-0.39, 0.29) is 107 Å². The Morgan fingerprint density at radius 3 is 2.52 bits per heavy atom. The van der Waals surface area contributed by atoms with Gasteiger partial charge in [-0.15, -0.1) is 0 Å². The van der Waals surface area contributed by atoms with Gasteiger partial charge in [0.25, 0.3) is 0 Å². The number of aromatic amines is 1. The Balaban J connectivity index is 0.873. The van der Waals surface area contributed by atoms with Crippen LogP contribution in [0.5, 0.6) is 23.0 Å². The Hall–Kier alpha value is -10.0. The molecule has 11 bridgehead atoms. The van der Waals surface area contributed by atoms with Crippen molar-refractivity contribution >= 4 is 62.1 Å². The van der Waals surface area contributed by atoms with E-state index < -0.39 is 17.4 Å². The number of nitrogens with one attached hydrogen (secondary N) is 2. The first-order valence-corrected chi connectivity index (χ1v) is 35.8. The van der Waals surface area contributed by atoms with E-state index in [1.165, 1.54) is 51.5 Å². The number of aliphatic imine (C=N–C) groups is 1. The molecule has 2 aromatic heterocycles. The van der Waals surface area contributed by atoms with Crippen LogP contribution in [0.25, 0.3) is 67.1 Å². The van der Waals surface area contributed by atoms with E-state index in [1.54, 1.807) is 30.3 Å². The van der Waals surface area contributed by atoms with Crippen LogP contribution >= 0.6 is 0 Å². The summed E-state index contributed by atoms with van der Waals surface area (Å²) >= 11 is 0. The number of ether oxygens (including phenoxy) is 3. The highest BCUT2D eigenvalue weighted by Gasteiger charge is 2.61. The van der Waals surface area contributed by atoms with Crippen molar-refractivity contribution in [1.82, 2.24) is 10.3 Å². The highest BCUT2D eigenvalue weighted by molar-refractivity contribution is 6.01. The summed E-state index contributed by atoms with van der Waals surface area (Å²) in [4.78, 5) is 27.3. The number of fused-ring (bicyclic) bond motifs is 15. The van der Waals surface area contributed by atoms with Gasteiger partial charge in [0.2, 0.25) is 5.75 Å². The van der Waals surface area contributed by atoms with Gasteiger partial charge >= 0.3 is 0 Å². The number of rotatable bonds is 10. The first-order chi connectivity index (χ1) is 48.8. The van der Waals surface area contributed by atoms with E-state index in [9.17, 15) is 15.3 Å². The number of anilines is 1. The van der Waals surface area contributed by atoms with E-state index in [0.29, 0.717) is 60.2 Å². The number of H-pyrrole nitrogens is 1. The smallest absolute Gasteiger partial charge is 0.204 e. The summed E-state index contributed by atoms with van der Waals surface area (Å²) in [6, 6.07) is 53.9. The van der Waals surface area contributed by atoms with Crippen LogP contribution in [-0.2, 0) is 30.1 Å². The molecule has 18 rings (SSSR count). The minimum Gasteiger partial charge on any atom is -0.508 e. The molecule has 506 valence electrons. The largest absolute Gasteiger partial charge is 0.508 e. The van der Waals surface area contributed by atoms with Gasteiger partial charge in [-0.05, 0) is 184 Å². The van der Waals surface area contributed by atoms with Crippen molar-refractivity contribution in [2.75, 3.05) is 51.5 Å². The number of aromatic hydroxyl groups is 1. The molecule has 6 heterocycles. The molecule has 14 nitrogen and oxygen atoms in total. The van der Waals surface area contributed by atoms with Crippen molar-refractivity contribution in [1.29, 1.82) is 0 Å². The van der Waals surface area contributed by atoms with E-state index in [1.807, 2.05) is 36.4 Å². The number of aryl methyl sites for hydroxylation is 2. The van der Waals surface area contributed by atoms with E-state index in [2.05, 4.69) is 143 Å². The maximum atomic E-state index is 15.1. The zero-order valence-electron chi connectivity index (χ0n) is 56.6. The number of phenols is 1. The number of methoxy groups -OCH3 is 1. The minimum absolute atomic E-state index is 0.00779. The van der Waals surface area contributed by atoms with Crippen LogP contribution in [0.3, 0.4) is 0 Å². The summed E-state index contributed by atoms with van der Waals surface area (Å²) in [5.41, 5.74) is 24.1. The lowest BCUT2D eigenvalue weighted by Gasteiger charge is -2.51. The van der Waals surface area contributed by atoms with Crippen LogP contribution in [0.2, 0.25) is 0 Å². The molecule has 10 aromatic rings. The van der Waals surface area contributed by atoms with Crippen molar-refractivity contribution in [3.05, 3.63) is 225 Å². The van der Waals surface area contributed by atoms with Gasteiger partial charge in [-0.1, -0.05) is 146 Å². The third-order valence-corrected chi connectivity index (χ3v) is 23.9. The fourth-order valence-electron chi connectivity index (χ4n) is 19.1. The van der Waals surface area contributed by atoms with Gasteiger partial charge in [-0.25, -0.2) is 4.99 Å². The summed E-state index contributed by atoms with van der Waals surface area (Å²) in [6.45, 7) is 4.45. The molecule has 9 N–H and O–H groups in total. The van der Waals surface area contributed by atoms with E-state index in [0.717, 1.165) is 84.4 Å². The number of benzene rings is 8. The zero-order valence-corrected chi connectivity index (χ0v) is 56.6. The second-order valence-corrected chi connectivity index (χ2v) is 29.3. The second-order valence-electron chi connectivity index (χ2n) is 29.3. The van der Waals surface area contributed by atoms with Gasteiger partial charge in [0, 0.05) is 89.7 Å². The number of aromatic nitrogens is 1. The highest BCUT2D eigenvalue weighted by atomic mass is 16.5. The molecule has 4 fully saturated rings. The Labute approximate surface area is 582 Å². The van der Waals surface area contributed by atoms with E-state index >= 15 is 4.79 Å². The van der Waals surface area contributed by atoms with Crippen molar-refractivity contribution < 1.29 is 33.9 Å². The molecular weight excluding hydrogens is 1240 g/mol. The van der Waals surface area contributed by atoms with Crippen molar-refractivity contribution in [2.24, 2.45) is 52.0 Å². The number of guanidine groups is 1. The molecule has 4 aliphatic heterocycles. The molecule has 8 aromatic carbocycles. The zero-order chi connectivity index (χ0) is 68.0. The number of hydrogen-bond donors (Lipinski definition) is 7. The molecule has 8 aliphatic rings. The second kappa shape index (κ2) is 25.6. The predicted molar refractivity (Wildman–Crippen MR) is 398 cm³/mol. The number of hydrogen-bond acceptors (Lipinski definition) is 11. The Morgan fingerprint density at radius 1 is 0.860 bits per heavy atom. The molecule has 11 atom stereocenters. The fourth-order valence-corrected chi connectivity index (χ4v) is 19.1. The summed E-state index contributed by atoms with van der Waals surface area (Å²) in [5, 5.41) is 42.6. The maximum Gasteiger partial charge on any atom is 0.204 e. The number of piperazine rings is 1. The van der Waals surface area contributed by atoms with Gasteiger partial charge in [0.1, 0.15) is 28.3 Å². The molecule has 0 radical (unpaired) electrons. The lowest BCUT2D eigenvalue weighted by Crippen LogP contribution is -2.62. The minimum atomic E-state index is -0.885. The van der Waals surface area contributed by atoms with Gasteiger partial charge in [-0.2, -0.15) is 0 Å². The summed E-state index contributed by atoms with van der Waals surface area (Å²) in [5.74, 6) is 11.1. The van der Waals surface area contributed by atoms with Crippen molar-refractivity contribution in [2.45, 2.75) is 93.6 Å². The number of phenolic OH excluding ortho intramolecular Hbond substituents is 1. The molecule has 4 aliphatic carbocycles. The van der Waals surface area contributed by atoms with Crippen LogP contribution in [0, 0.1) is 47.3 Å². The molecule has 1 spiro atoms. The predicted octanol–water partition coefficient (Wildman–Crippen LogP) is 14.4. The van der Waals surface area contributed by atoms with Crippen LogP contribution in [-0.4, -0.2) is 85.0 Å². The van der Waals surface area contributed by atoms with Crippen LogP contribution in [0.1, 0.15) is 96.0 Å². The standard InChI is InChI=1S/C86H84N6O8/c1-85-61-25-19-53(70(85)34-27-61)24-33-71-65-32-23-55-17-18-59-41-56-12-6-7-13-57(56)42-67(59)77(55)69(65)46-86(71)62-26-20-60(72(43-62)90-84(87)88)40-52(48-93)49-99-80-66(31-16-51-11-8-14-58(39-51)68-44-75(85)91-83(68)92-37-36-89-47-76(86)92)79-78(73(96)45-74(100-79)54-21-29-63(94)30-22-54)81(82(80)97-2)98-38-35-64(95)28-15-50-9-4-3-5-10-50/h3-15,17-18,20-23,26,28-30,32,39,41-45,52-53,61,64-65,69-71,76,89,91,93-95H,16,19,25,27,31,34-38,40,46-49H2,1-2H3,(H4,87,88,90)/b28-15+/t52-,53+,61+,64-,65-,69-,70+,71+,76-,85+,86-/m0/s1. The third kappa shape index (κ3) is 10.8. The Bertz CT molecular complexity index is 5080. The lowest BCUT2D eigenvalue weighted by atomic mass is 9.60. The highest BCUT2D eigenvalue weighted by Crippen LogP contribution is 2.64. The lowest BCUT2D eigenvalue weighted by molar-refractivity contribution is 0.152. The van der Waals surface area contributed by atoms with Gasteiger partial charge < -0.3 is 60.6 Å². The molecule has 14 heteroatoms. The molecular formula is C86H84N6O8. The number of allylic oxidation sites excluding steroid dienone is 1. The number of aliphatic hydroxyl groups is 2. The van der Waals surface area contributed by atoms with Crippen molar-refractivity contribution in [3.8, 4) is 57.3 Å². The summed E-state index contributed by atoms with van der Waals surface area (Å²) < 4.78 is 27.3. The topological polar surface area (TPSA) is 214 Å². The van der Waals surface area contributed by atoms with Crippen molar-refractivity contribution in [3.63, 3.8) is 0 Å². The summed E-state index contributed by atoms with van der Waals surface area (Å²) in [7, 11) is 1.53. The third-order valence-electron chi connectivity index (χ3n) is 23.9. The fraction of sp³-hybridized carbons (Fsp3) is 0.326. The van der Waals surface area contributed by atoms with Crippen LogP contribution in [0.4, 0.5) is 11.5 Å². The van der Waals surface area contributed by atoms with Gasteiger partial charge in [0.05, 0.1) is 38.2 Å². The number of aliphatic hydroxyl groups excluding tert-OH is 2. The first-order valence-electron chi connectivity index (χ1n) is 35.8. The first kappa shape index (κ1) is 63.4. The van der Waals surface area contributed by atoms with Gasteiger partial charge in [0.15, 0.2) is 22.9 Å². The Kier molecular flexibility index (Phi) is 16.2. The quantitative estimate of drug-likeness (QED) is 0.0295. The maximum absolute atomic E-state index is 15.1. The number of nitrogens with zero attached hydrogens (tertiary/aromatic N) is 2. The van der Waals surface area contributed by atoms with Crippen LogP contribution < -0.4 is 41.3 Å². The average Bonchev–Trinajstić information content (AvgIpc) is 1.52. The summed E-state index contributed by atoms with van der Waals surface area (Å²) in [6.07, 6.45) is 14.2. The normalized spacial score (nSPS) is 25.2. The molecule has 1 saturated heterocycles. The van der Waals surface area contributed by atoms with Crippen LogP contribution in [0.15, 0.2) is 184 Å².